The van der Waals surface area contributed by atoms with Gasteiger partial charge in [0.2, 0.25) is 6.79 Å². The molecule has 43 heavy (non-hydrogen) atoms. The lowest BCUT2D eigenvalue weighted by Crippen LogP contribution is -2.39. The number of carbonyl (C=O) groups is 2. The number of hydrogen-bond donors (Lipinski definition) is 0. The maximum absolute atomic E-state index is 13.9. The van der Waals surface area contributed by atoms with Crippen molar-refractivity contribution in [3.8, 4) is 23.0 Å². The Morgan fingerprint density at radius 3 is 2.44 bits per heavy atom. The molecule has 0 saturated heterocycles. The van der Waals surface area contributed by atoms with Crippen LogP contribution in [-0.4, -0.2) is 37.0 Å². The number of thiazole rings is 1. The molecular weight excluding hydrogens is 572 g/mol. The summed E-state index contributed by atoms with van der Waals surface area (Å²) in [5, 5.41) is 0. The molecule has 4 aromatic rings. The maximum atomic E-state index is 13.9. The van der Waals surface area contributed by atoms with E-state index >= 15 is 0 Å². The van der Waals surface area contributed by atoms with Crippen LogP contribution in [-0.2, 0) is 9.53 Å². The van der Waals surface area contributed by atoms with Crippen LogP contribution < -0.4 is 33.8 Å². The molecular formula is C32H26N2O8S. The summed E-state index contributed by atoms with van der Waals surface area (Å²) in [6.45, 7) is 3.74. The zero-order valence-corrected chi connectivity index (χ0v) is 24.3. The average molecular weight is 599 g/mol. The Bertz CT molecular complexity index is 1940. The lowest BCUT2D eigenvalue weighted by molar-refractivity contribution is -0.139. The Hall–Kier alpha value is -5.16. The van der Waals surface area contributed by atoms with Gasteiger partial charge in [-0.05, 0) is 79.6 Å². The Kier molecular flexibility index (Phi) is 7.56. The van der Waals surface area contributed by atoms with Gasteiger partial charge in [-0.3, -0.25) is 9.36 Å². The normalized spacial score (nSPS) is 15.5. The molecule has 218 valence electrons. The number of aromatic nitrogens is 1. The molecule has 0 unspecified atom stereocenters. The number of nitrogens with zero attached hydrogens (tertiary/aromatic N) is 2. The molecule has 1 atom stereocenters. The van der Waals surface area contributed by atoms with E-state index in [0.29, 0.717) is 49.2 Å². The molecule has 6 rings (SSSR count). The quantitative estimate of drug-likeness (QED) is 0.234. The third kappa shape index (κ3) is 5.42. The molecule has 11 heteroatoms. The van der Waals surface area contributed by atoms with Crippen LogP contribution in [0.1, 0.15) is 41.4 Å². The van der Waals surface area contributed by atoms with Gasteiger partial charge >= 0.3 is 11.9 Å². The maximum Gasteiger partial charge on any atom is 0.343 e. The summed E-state index contributed by atoms with van der Waals surface area (Å²) in [4.78, 5) is 44.6. The van der Waals surface area contributed by atoms with E-state index in [-0.39, 0.29) is 24.5 Å². The van der Waals surface area contributed by atoms with Crippen LogP contribution >= 0.6 is 11.3 Å². The average Bonchev–Trinajstić information content (AvgIpc) is 3.61. The monoisotopic (exact) mass is 598 g/mol. The van der Waals surface area contributed by atoms with Crippen molar-refractivity contribution in [1.29, 1.82) is 0 Å². The highest BCUT2D eigenvalue weighted by atomic mass is 32.1. The number of carbonyl (C=O) groups excluding carboxylic acids is 2. The van der Waals surface area contributed by atoms with Gasteiger partial charge in [0.1, 0.15) is 11.5 Å². The summed E-state index contributed by atoms with van der Waals surface area (Å²) in [7, 11) is 1.55. The van der Waals surface area contributed by atoms with E-state index in [9.17, 15) is 14.4 Å². The summed E-state index contributed by atoms with van der Waals surface area (Å²) in [6.07, 6.45) is 1.74. The first-order chi connectivity index (χ1) is 20.9. The number of hydrogen-bond acceptors (Lipinski definition) is 10. The van der Waals surface area contributed by atoms with Crippen LogP contribution in [0, 0.1) is 0 Å². The number of esters is 2. The topological polar surface area (TPSA) is 115 Å². The third-order valence-electron chi connectivity index (χ3n) is 6.94. The number of allylic oxidation sites excluding steroid dienone is 1. The van der Waals surface area contributed by atoms with Gasteiger partial charge in [0, 0.05) is 0 Å². The van der Waals surface area contributed by atoms with Gasteiger partial charge in [0.15, 0.2) is 16.3 Å². The Balaban J connectivity index is 1.34. The van der Waals surface area contributed by atoms with Gasteiger partial charge in [-0.15, -0.1) is 0 Å². The molecule has 2 aliphatic heterocycles. The summed E-state index contributed by atoms with van der Waals surface area (Å²) < 4.78 is 28.9. The van der Waals surface area contributed by atoms with Gasteiger partial charge in [-0.2, -0.15) is 0 Å². The predicted octanol–water partition coefficient (Wildman–Crippen LogP) is 3.75. The van der Waals surface area contributed by atoms with Crippen LogP contribution in [0.2, 0.25) is 0 Å². The minimum Gasteiger partial charge on any atom is -0.497 e. The Labute approximate surface area is 249 Å². The number of ether oxygens (including phenoxy) is 5. The van der Waals surface area contributed by atoms with E-state index in [4.69, 9.17) is 23.7 Å². The van der Waals surface area contributed by atoms with E-state index in [1.54, 1.807) is 93.8 Å². The van der Waals surface area contributed by atoms with E-state index in [1.165, 1.54) is 15.9 Å². The first-order valence-electron chi connectivity index (χ1n) is 13.4. The van der Waals surface area contributed by atoms with Crippen molar-refractivity contribution in [1.82, 2.24) is 4.57 Å². The largest absolute Gasteiger partial charge is 0.497 e. The van der Waals surface area contributed by atoms with E-state index in [1.807, 2.05) is 0 Å². The number of benzene rings is 3. The second kappa shape index (κ2) is 11.6. The summed E-state index contributed by atoms with van der Waals surface area (Å²) >= 11 is 1.22. The van der Waals surface area contributed by atoms with Gasteiger partial charge < -0.3 is 23.7 Å². The smallest absolute Gasteiger partial charge is 0.343 e. The van der Waals surface area contributed by atoms with Crippen molar-refractivity contribution in [3.63, 3.8) is 0 Å². The highest BCUT2D eigenvalue weighted by Crippen LogP contribution is 2.38. The molecule has 3 heterocycles. The van der Waals surface area contributed by atoms with Crippen molar-refractivity contribution in [3.05, 3.63) is 114 Å². The lowest BCUT2D eigenvalue weighted by Gasteiger charge is -2.24. The number of methoxy groups -OCH3 is 1. The molecule has 0 radical (unpaired) electrons. The second-order valence-corrected chi connectivity index (χ2v) is 10.6. The van der Waals surface area contributed by atoms with E-state index in [0.717, 1.165) is 5.56 Å². The fourth-order valence-electron chi connectivity index (χ4n) is 4.87. The molecule has 1 aromatic heterocycles. The Morgan fingerprint density at radius 2 is 1.72 bits per heavy atom. The van der Waals surface area contributed by atoms with Gasteiger partial charge in [0.25, 0.3) is 5.56 Å². The zero-order chi connectivity index (χ0) is 30.1. The second-order valence-electron chi connectivity index (χ2n) is 9.60. The highest BCUT2D eigenvalue weighted by Gasteiger charge is 2.34. The van der Waals surface area contributed by atoms with Gasteiger partial charge in [-0.1, -0.05) is 29.5 Å². The van der Waals surface area contributed by atoms with Crippen LogP contribution in [0.5, 0.6) is 23.0 Å². The van der Waals surface area contributed by atoms with Gasteiger partial charge in [-0.25, -0.2) is 14.6 Å². The molecule has 10 nitrogen and oxygen atoms in total. The van der Waals surface area contributed by atoms with Crippen LogP contribution in [0.3, 0.4) is 0 Å². The molecule has 0 bridgehead atoms. The summed E-state index contributed by atoms with van der Waals surface area (Å²) in [5.74, 6) is 1.08. The highest BCUT2D eigenvalue weighted by molar-refractivity contribution is 7.07. The molecule has 0 saturated carbocycles. The molecule has 2 aliphatic rings. The fraction of sp³-hybridized carbons (Fsp3) is 0.188. The molecule has 0 spiro atoms. The minimum absolute atomic E-state index is 0.0978. The Morgan fingerprint density at radius 1 is 1.00 bits per heavy atom. The van der Waals surface area contributed by atoms with Gasteiger partial charge in [0.05, 0.1) is 41.1 Å². The fourth-order valence-corrected chi connectivity index (χ4v) is 5.91. The van der Waals surface area contributed by atoms with E-state index in [2.05, 4.69) is 4.99 Å². The standard InChI is InChI=1S/C32H26N2O8S/c1-4-39-31(37)27-18(2)33-32-34(28(27)21-9-14-24-25(16-21)41-17-40-24)29(35)26(43-32)15-19-5-10-23(11-6-19)42-30(36)20-7-12-22(38-3)13-8-20/h5-16,28H,4,17H2,1-3H3/t28-/m1/s1. The number of rotatable bonds is 7. The number of fused-ring (bicyclic) bond motifs is 2. The summed E-state index contributed by atoms with van der Waals surface area (Å²) in [5.41, 5.74) is 2.21. The zero-order valence-electron chi connectivity index (χ0n) is 23.5. The third-order valence-corrected chi connectivity index (χ3v) is 7.93. The lowest BCUT2D eigenvalue weighted by atomic mass is 9.95. The molecule has 0 amide bonds. The van der Waals surface area contributed by atoms with Crippen molar-refractivity contribution >= 4 is 29.4 Å². The van der Waals surface area contributed by atoms with E-state index < -0.39 is 18.0 Å². The van der Waals surface area contributed by atoms with Crippen LogP contribution in [0.15, 0.2) is 87.8 Å². The predicted molar refractivity (Wildman–Crippen MR) is 157 cm³/mol. The van der Waals surface area contributed by atoms with Crippen LogP contribution in [0.4, 0.5) is 0 Å². The van der Waals surface area contributed by atoms with Crippen LogP contribution in [0.25, 0.3) is 6.08 Å². The molecule has 0 N–H and O–H groups in total. The SMILES string of the molecule is CCOC(=O)C1=C(C)N=c2sc(=Cc3ccc(OC(=O)c4ccc(OC)cc4)cc3)c(=O)n2[C@@H]1c1ccc2c(c1)OCO2. The van der Waals surface area contributed by atoms with Crippen molar-refractivity contribution in [2.24, 2.45) is 4.99 Å². The molecule has 3 aromatic carbocycles. The molecule has 0 aliphatic carbocycles. The summed E-state index contributed by atoms with van der Waals surface area (Å²) in [6, 6.07) is 18.0. The minimum atomic E-state index is -0.772. The molecule has 0 fully saturated rings. The first kappa shape index (κ1) is 28.0. The van der Waals surface area contributed by atoms with Crippen molar-refractivity contribution in [2.45, 2.75) is 19.9 Å². The van der Waals surface area contributed by atoms with Crippen molar-refractivity contribution in [2.75, 3.05) is 20.5 Å². The first-order valence-corrected chi connectivity index (χ1v) is 14.2. The van der Waals surface area contributed by atoms with Crippen molar-refractivity contribution < 1.29 is 33.3 Å².